The van der Waals surface area contributed by atoms with Gasteiger partial charge >= 0.3 is 5.69 Å². The molecule has 0 aliphatic carbocycles. The summed E-state index contributed by atoms with van der Waals surface area (Å²) in [6, 6.07) is 1.37. The Kier molecular flexibility index (Phi) is 3.91. The normalized spacial score (nSPS) is 11.3. The van der Waals surface area contributed by atoms with E-state index >= 15 is 0 Å². The van der Waals surface area contributed by atoms with Crippen molar-refractivity contribution in [3.8, 4) is 5.69 Å². The van der Waals surface area contributed by atoms with Crippen LogP contribution in [0.25, 0.3) is 16.7 Å². The summed E-state index contributed by atoms with van der Waals surface area (Å²) >= 11 is 11.9. The molecule has 0 radical (unpaired) electrons. The van der Waals surface area contributed by atoms with Crippen molar-refractivity contribution in [2.75, 3.05) is 0 Å². The summed E-state index contributed by atoms with van der Waals surface area (Å²) in [5, 5.41) is 0.279. The number of fused-ring (bicyclic) bond motifs is 1. The highest BCUT2D eigenvalue weighted by Gasteiger charge is 2.18. The maximum atomic E-state index is 12.4. The molecule has 0 aliphatic rings. The van der Waals surface area contributed by atoms with Crippen molar-refractivity contribution in [3.63, 3.8) is 0 Å². The summed E-state index contributed by atoms with van der Waals surface area (Å²) in [5.41, 5.74) is -0.0619. The molecule has 23 heavy (non-hydrogen) atoms. The summed E-state index contributed by atoms with van der Waals surface area (Å²) in [6.07, 6.45) is 2.89. The molecular formula is C14H11Cl2N5O2. The van der Waals surface area contributed by atoms with Gasteiger partial charge in [-0.25, -0.2) is 24.3 Å². The van der Waals surface area contributed by atoms with Crippen LogP contribution < -0.4 is 11.2 Å². The smallest absolute Gasteiger partial charge is 0.273 e. The quantitative estimate of drug-likeness (QED) is 0.715. The second kappa shape index (κ2) is 5.75. The number of pyridine rings is 1. The molecular weight excluding hydrogens is 341 g/mol. The minimum atomic E-state index is -0.648. The first-order chi connectivity index (χ1) is 10.9. The first-order valence-corrected chi connectivity index (χ1v) is 7.47. The van der Waals surface area contributed by atoms with Gasteiger partial charge in [-0.2, -0.15) is 0 Å². The van der Waals surface area contributed by atoms with Gasteiger partial charge in [0.15, 0.2) is 5.65 Å². The minimum Gasteiger partial charge on any atom is -0.273 e. The van der Waals surface area contributed by atoms with Gasteiger partial charge in [0.25, 0.3) is 5.56 Å². The molecule has 0 atom stereocenters. The summed E-state index contributed by atoms with van der Waals surface area (Å²) in [6.45, 7) is 3.87. The van der Waals surface area contributed by atoms with Crippen molar-refractivity contribution >= 4 is 34.2 Å². The van der Waals surface area contributed by atoms with Gasteiger partial charge in [-0.3, -0.25) is 9.78 Å². The molecule has 0 bridgehead atoms. The lowest BCUT2D eigenvalue weighted by Crippen LogP contribution is -2.31. The van der Waals surface area contributed by atoms with Crippen LogP contribution in [0.5, 0.6) is 0 Å². The van der Waals surface area contributed by atoms with Crippen LogP contribution in [0.2, 0.25) is 10.2 Å². The molecule has 0 unspecified atom stereocenters. The molecule has 0 aliphatic heterocycles. The average molecular weight is 352 g/mol. The molecule has 0 spiro atoms. The topological polar surface area (TPSA) is 93.5 Å². The highest BCUT2D eigenvalue weighted by molar-refractivity contribution is 6.41. The zero-order chi connectivity index (χ0) is 16.7. The van der Waals surface area contributed by atoms with Gasteiger partial charge in [-0.15, -0.1) is 0 Å². The molecule has 118 valence electrons. The lowest BCUT2D eigenvalue weighted by molar-refractivity contribution is 0.783. The van der Waals surface area contributed by atoms with Gasteiger partial charge in [0.05, 0.1) is 28.0 Å². The van der Waals surface area contributed by atoms with Gasteiger partial charge in [-0.05, 0) is 12.0 Å². The van der Waals surface area contributed by atoms with Crippen molar-refractivity contribution in [1.29, 1.82) is 0 Å². The number of aromatic nitrogens is 5. The third-order valence-electron chi connectivity index (χ3n) is 3.30. The lowest BCUT2D eigenvalue weighted by atomic mass is 10.1. The number of halogens is 2. The number of hydrogen-bond donors (Lipinski definition) is 1. The molecule has 3 aromatic heterocycles. The fourth-order valence-corrected chi connectivity index (χ4v) is 2.57. The summed E-state index contributed by atoms with van der Waals surface area (Å²) in [5.74, 6) is 0.0321. The van der Waals surface area contributed by atoms with E-state index in [1.807, 2.05) is 13.8 Å². The lowest BCUT2D eigenvalue weighted by Gasteiger charge is -2.14. The molecule has 7 nitrogen and oxygen atoms in total. The van der Waals surface area contributed by atoms with Crippen LogP contribution in [0.4, 0.5) is 0 Å². The standard InChI is InChI=1S/C14H11Cl2N5O2/c1-6(2)10-9(4-17-5-18-10)21-12-7(13(22)20-14(21)23)3-8(15)11(16)19-12/h3-6H,1-2H3,(H,20,22,23). The number of H-pyrrole nitrogens is 1. The van der Waals surface area contributed by atoms with Crippen LogP contribution in [0.3, 0.4) is 0 Å². The van der Waals surface area contributed by atoms with E-state index in [0.29, 0.717) is 11.4 Å². The van der Waals surface area contributed by atoms with E-state index in [0.717, 1.165) is 0 Å². The number of nitrogens with zero attached hydrogens (tertiary/aromatic N) is 4. The third kappa shape index (κ3) is 2.62. The van der Waals surface area contributed by atoms with Crippen LogP contribution in [-0.4, -0.2) is 24.5 Å². The molecule has 3 heterocycles. The Bertz CT molecular complexity index is 1030. The van der Waals surface area contributed by atoms with Crippen molar-refractivity contribution in [1.82, 2.24) is 24.5 Å². The predicted octanol–water partition coefficient (Wildman–Crippen LogP) is 2.29. The Hall–Kier alpha value is -2.25. The van der Waals surface area contributed by atoms with Gasteiger partial charge in [-0.1, -0.05) is 37.0 Å². The predicted molar refractivity (Wildman–Crippen MR) is 87.7 cm³/mol. The second-order valence-electron chi connectivity index (χ2n) is 5.17. The summed E-state index contributed by atoms with van der Waals surface area (Å²) in [4.78, 5) is 38.9. The van der Waals surface area contributed by atoms with Crippen molar-refractivity contribution in [2.45, 2.75) is 19.8 Å². The first kappa shape index (κ1) is 15.6. The zero-order valence-corrected chi connectivity index (χ0v) is 13.7. The average Bonchev–Trinajstić information content (AvgIpc) is 2.50. The van der Waals surface area contributed by atoms with E-state index < -0.39 is 11.2 Å². The number of aromatic amines is 1. The summed E-state index contributed by atoms with van der Waals surface area (Å²) < 4.78 is 1.23. The monoisotopic (exact) mass is 351 g/mol. The Labute approximate surface area is 140 Å². The fourth-order valence-electron chi connectivity index (χ4n) is 2.28. The highest BCUT2D eigenvalue weighted by Crippen LogP contribution is 2.25. The van der Waals surface area contributed by atoms with Gasteiger partial charge < -0.3 is 0 Å². The molecule has 0 aromatic carbocycles. The van der Waals surface area contributed by atoms with E-state index in [1.165, 1.54) is 23.2 Å². The van der Waals surface area contributed by atoms with Crippen molar-refractivity contribution in [2.24, 2.45) is 0 Å². The molecule has 0 saturated heterocycles. The largest absolute Gasteiger partial charge is 0.334 e. The first-order valence-electron chi connectivity index (χ1n) is 6.71. The van der Waals surface area contributed by atoms with Gasteiger partial charge in [0, 0.05) is 0 Å². The number of rotatable bonds is 2. The molecule has 0 saturated carbocycles. The summed E-state index contributed by atoms with van der Waals surface area (Å²) in [7, 11) is 0. The molecule has 3 aromatic rings. The molecule has 1 N–H and O–H groups in total. The van der Waals surface area contributed by atoms with E-state index in [4.69, 9.17) is 23.2 Å². The Morgan fingerprint density at radius 1 is 1.26 bits per heavy atom. The SMILES string of the molecule is CC(C)c1ncncc1-n1c(=O)[nH]c(=O)c2cc(Cl)c(Cl)nc21. The Morgan fingerprint density at radius 3 is 2.70 bits per heavy atom. The minimum absolute atomic E-state index is 0.000799. The van der Waals surface area contributed by atoms with E-state index in [2.05, 4.69) is 19.9 Å². The second-order valence-corrected chi connectivity index (χ2v) is 5.94. The molecule has 3 rings (SSSR count). The van der Waals surface area contributed by atoms with E-state index in [1.54, 1.807) is 0 Å². The zero-order valence-electron chi connectivity index (χ0n) is 12.2. The molecule has 0 amide bonds. The van der Waals surface area contributed by atoms with Crippen LogP contribution in [0.15, 0.2) is 28.2 Å². The van der Waals surface area contributed by atoms with Crippen molar-refractivity contribution in [3.05, 3.63) is 55.3 Å². The highest BCUT2D eigenvalue weighted by atomic mass is 35.5. The number of nitrogens with one attached hydrogen (secondary N) is 1. The fraction of sp³-hybridized carbons (Fsp3) is 0.214. The molecule has 0 fully saturated rings. The van der Waals surface area contributed by atoms with Crippen molar-refractivity contribution < 1.29 is 0 Å². The maximum Gasteiger partial charge on any atom is 0.334 e. The Balaban J connectivity index is 2.51. The number of hydrogen-bond acceptors (Lipinski definition) is 5. The van der Waals surface area contributed by atoms with Crippen LogP contribution >= 0.6 is 23.2 Å². The van der Waals surface area contributed by atoms with Crippen LogP contribution in [-0.2, 0) is 0 Å². The van der Waals surface area contributed by atoms with E-state index in [-0.39, 0.29) is 27.1 Å². The Morgan fingerprint density at radius 2 is 2.00 bits per heavy atom. The molecule has 9 heteroatoms. The maximum absolute atomic E-state index is 12.4. The van der Waals surface area contributed by atoms with E-state index in [9.17, 15) is 9.59 Å². The van der Waals surface area contributed by atoms with Gasteiger partial charge in [0.2, 0.25) is 0 Å². The third-order valence-corrected chi connectivity index (χ3v) is 3.98. The van der Waals surface area contributed by atoms with Gasteiger partial charge in [0.1, 0.15) is 11.5 Å². The van der Waals surface area contributed by atoms with Crippen LogP contribution in [0, 0.1) is 0 Å². The van der Waals surface area contributed by atoms with Crippen LogP contribution in [0.1, 0.15) is 25.5 Å².